The Morgan fingerprint density at radius 2 is 2.35 bits per heavy atom. The summed E-state index contributed by atoms with van der Waals surface area (Å²) in [5, 5.41) is 19.8. The maximum absolute atomic E-state index is 12.0. The van der Waals surface area contributed by atoms with Crippen LogP contribution in [0, 0.1) is 10.1 Å². The molecule has 1 amide bonds. The lowest BCUT2D eigenvalue weighted by molar-refractivity contribution is -0.384. The average molecular weight is 280 g/mol. The van der Waals surface area contributed by atoms with Gasteiger partial charge in [-0.3, -0.25) is 14.9 Å². The lowest BCUT2D eigenvalue weighted by Gasteiger charge is -2.22. The normalized spacial score (nSPS) is 18.1. The van der Waals surface area contributed by atoms with Crippen molar-refractivity contribution in [1.29, 1.82) is 0 Å². The first kappa shape index (κ1) is 14.3. The largest absolute Gasteiger partial charge is 0.484 e. The Hall–Kier alpha value is -2.15. The number of aliphatic hydroxyl groups excluding tert-OH is 1. The van der Waals surface area contributed by atoms with Crippen LogP contribution in [0.3, 0.4) is 0 Å². The summed E-state index contributed by atoms with van der Waals surface area (Å²) in [6, 6.07) is 5.56. The van der Waals surface area contributed by atoms with Crippen molar-refractivity contribution < 1.29 is 19.6 Å². The Bertz CT molecular complexity index is 505. The van der Waals surface area contributed by atoms with Crippen molar-refractivity contribution in [3.8, 4) is 5.75 Å². The Labute approximate surface area is 115 Å². The molecule has 0 spiro atoms. The van der Waals surface area contributed by atoms with Crippen LogP contribution in [0.15, 0.2) is 24.3 Å². The van der Waals surface area contributed by atoms with Gasteiger partial charge in [0.05, 0.1) is 23.6 Å². The number of hydrogen-bond donors (Lipinski definition) is 1. The van der Waals surface area contributed by atoms with Gasteiger partial charge in [0.15, 0.2) is 6.61 Å². The Morgan fingerprint density at radius 3 is 3.05 bits per heavy atom. The summed E-state index contributed by atoms with van der Waals surface area (Å²) in [5.74, 6) is 0.0698. The monoisotopic (exact) mass is 280 g/mol. The van der Waals surface area contributed by atoms with E-state index in [2.05, 4.69) is 0 Å². The molecule has 1 aliphatic heterocycles. The van der Waals surface area contributed by atoms with Crippen LogP contribution in [-0.2, 0) is 4.79 Å². The second kappa shape index (κ2) is 6.33. The van der Waals surface area contributed by atoms with Crippen LogP contribution in [0.4, 0.5) is 5.69 Å². The van der Waals surface area contributed by atoms with E-state index in [0.29, 0.717) is 6.54 Å². The molecule has 0 unspecified atom stereocenters. The van der Waals surface area contributed by atoms with Gasteiger partial charge in [-0.25, -0.2) is 0 Å². The molecule has 0 bridgehead atoms. The molecular formula is C13H16N2O5. The number of benzene rings is 1. The van der Waals surface area contributed by atoms with Crippen LogP contribution < -0.4 is 4.74 Å². The quantitative estimate of drug-likeness (QED) is 0.640. The molecule has 1 aromatic rings. The SMILES string of the molecule is O=C(COc1cccc([N+](=O)[O-])c1)N1CCC[C@@H]1CO. The molecule has 7 nitrogen and oxygen atoms in total. The molecule has 1 fully saturated rings. The van der Waals surface area contributed by atoms with Crippen molar-refractivity contribution in [1.82, 2.24) is 4.90 Å². The minimum absolute atomic E-state index is 0.0530. The molecule has 7 heteroatoms. The van der Waals surface area contributed by atoms with Gasteiger partial charge >= 0.3 is 0 Å². The van der Waals surface area contributed by atoms with E-state index in [1.54, 1.807) is 11.0 Å². The summed E-state index contributed by atoms with van der Waals surface area (Å²) >= 11 is 0. The topological polar surface area (TPSA) is 92.9 Å². The van der Waals surface area contributed by atoms with E-state index in [-0.39, 0.29) is 36.6 Å². The van der Waals surface area contributed by atoms with Crippen LogP contribution in [0.5, 0.6) is 5.75 Å². The van der Waals surface area contributed by atoms with Gasteiger partial charge in [-0.15, -0.1) is 0 Å². The van der Waals surface area contributed by atoms with Crippen molar-refractivity contribution in [2.75, 3.05) is 19.8 Å². The highest BCUT2D eigenvalue weighted by atomic mass is 16.6. The molecule has 1 aromatic carbocycles. The molecule has 1 saturated heterocycles. The number of carbonyl (C=O) groups excluding carboxylic acids is 1. The number of hydrogen-bond acceptors (Lipinski definition) is 5. The van der Waals surface area contributed by atoms with Gasteiger partial charge in [0.1, 0.15) is 5.75 Å². The highest BCUT2D eigenvalue weighted by Crippen LogP contribution is 2.20. The van der Waals surface area contributed by atoms with Gasteiger partial charge in [0.25, 0.3) is 11.6 Å². The van der Waals surface area contributed by atoms with Gasteiger partial charge < -0.3 is 14.7 Å². The van der Waals surface area contributed by atoms with Crippen LogP contribution in [0.2, 0.25) is 0 Å². The number of ether oxygens (including phenoxy) is 1. The van der Waals surface area contributed by atoms with E-state index in [0.717, 1.165) is 12.8 Å². The van der Waals surface area contributed by atoms with Crippen LogP contribution >= 0.6 is 0 Å². The molecule has 1 N–H and O–H groups in total. The number of rotatable bonds is 5. The summed E-state index contributed by atoms with van der Waals surface area (Å²) in [5.41, 5.74) is -0.0793. The van der Waals surface area contributed by atoms with Gasteiger partial charge in [0.2, 0.25) is 0 Å². The van der Waals surface area contributed by atoms with Crippen LogP contribution in [0.25, 0.3) is 0 Å². The number of amides is 1. The zero-order valence-electron chi connectivity index (χ0n) is 10.9. The number of likely N-dealkylation sites (tertiary alicyclic amines) is 1. The highest BCUT2D eigenvalue weighted by molar-refractivity contribution is 5.78. The first-order valence-corrected chi connectivity index (χ1v) is 6.39. The van der Waals surface area contributed by atoms with Crippen molar-refractivity contribution in [3.63, 3.8) is 0 Å². The third kappa shape index (κ3) is 3.24. The summed E-state index contributed by atoms with van der Waals surface area (Å²) in [7, 11) is 0. The number of non-ortho nitro benzene ring substituents is 1. The third-order valence-corrected chi connectivity index (χ3v) is 3.30. The van der Waals surface area contributed by atoms with E-state index in [1.165, 1.54) is 18.2 Å². The highest BCUT2D eigenvalue weighted by Gasteiger charge is 2.28. The van der Waals surface area contributed by atoms with Crippen molar-refractivity contribution >= 4 is 11.6 Å². The van der Waals surface area contributed by atoms with E-state index >= 15 is 0 Å². The zero-order chi connectivity index (χ0) is 14.5. The summed E-state index contributed by atoms with van der Waals surface area (Å²) in [6.07, 6.45) is 1.66. The van der Waals surface area contributed by atoms with E-state index in [9.17, 15) is 14.9 Å². The first-order valence-electron chi connectivity index (χ1n) is 6.39. The van der Waals surface area contributed by atoms with Gasteiger partial charge in [-0.2, -0.15) is 0 Å². The Balaban J connectivity index is 1.93. The molecule has 20 heavy (non-hydrogen) atoms. The standard InChI is InChI=1S/C13H16N2O5/c16-8-11-4-2-6-14(11)13(17)9-20-12-5-1-3-10(7-12)15(18)19/h1,3,5,7,11,16H,2,4,6,8-9H2/t11-/m1/s1. The Kier molecular flexibility index (Phi) is 4.52. The molecule has 0 saturated carbocycles. The fourth-order valence-electron chi connectivity index (χ4n) is 2.27. The minimum atomic E-state index is -0.517. The molecule has 2 rings (SSSR count). The maximum Gasteiger partial charge on any atom is 0.273 e. The third-order valence-electron chi connectivity index (χ3n) is 3.30. The van der Waals surface area contributed by atoms with Crippen LogP contribution in [-0.4, -0.2) is 46.6 Å². The molecule has 0 radical (unpaired) electrons. The number of aliphatic hydroxyl groups is 1. The van der Waals surface area contributed by atoms with Gasteiger partial charge in [-0.05, 0) is 18.9 Å². The smallest absolute Gasteiger partial charge is 0.273 e. The number of nitrogens with zero attached hydrogens (tertiary/aromatic N) is 2. The zero-order valence-corrected chi connectivity index (χ0v) is 10.9. The lowest BCUT2D eigenvalue weighted by Crippen LogP contribution is -2.40. The second-order valence-corrected chi connectivity index (χ2v) is 4.61. The summed E-state index contributed by atoms with van der Waals surface area (Å²) < 4.78 is 5.29. The molecule has 1 heterocycles. The second-order valence-electron chi connectivity index (χ2n) is 4.61. The molecular weight excluding hydrogens is 264 g/mol. The van der Waals surface area contributed by atoms with E-state index in [4.69, 9.17) is 9.84 Å². The van der Waals surface area contributed by atoms with E-state index in [1.807, 2.05) is 0 Å². The number of carbonyl (C=O) groups is 1. The lowest BCUT2D eigenvalue weighted by atomic mass is 10.2. The summed E-state index contributed by atoms with van der Waals surface area (Å²) in [6.45, 7) is 0.378. The molecule has 0 aromatic heterocycles. The summed E-state index contributed by atoms with van der Waals surface area (Å²) in [4.78, 5) is 23.7. The molecule has 1 aliphatic rings. The van der Waals surface area contributed by atoms with Gasteiger partial charge in [-0.1, -0.05) is 6.07 Å². The fraction of sp³-hybridized carbons (Fsp3) is 0.462. The van der Waals surface area contributed by atoms with Crippen molar-refractivity contribution in [3.05, 3.63) is 34.4 Å². The average Bonchev–Trinajstić information content (AvgIpc) is 2.93. The van der Waals surface area contributed by atoms with Crippen molar-refractivity contribution in [2.45, 2.75) is 18.9 Å². The van der Waals surface area contributed by atoms with Crippen molar-refractivity contribution in [2.24, 2.45) is 0 Å². The minimum Gasteiger partial charge on any atom is -0.484 e. The van der Waals surface area contributed by atoms with E-state index < -0.39 is 4.92 Å². The molecule has 0 aliphatic carbocycles. The molecule has 108 valence electrons. The maximum atomic E-state index is 12.0. The predicted molar refractivity (Wildman–Crippen MR) is 70.4 cm³/mol. The number of nitro groups is 1. The molecule has 1 atom stereocenters. The fourth-order valence-corrected chi connectivity index (χ4v) is 2.27. The van der Waals surface area contributed by atoms with Crippen LogP contribution in [0.1, 0.15) is 12.8 Å². The van der Waals surface area contributed by atoms with Gasteiger partial charge in [0, 0.05) is 12.6 Å². The predicted octanol–water partition coefficient (Wildman–Crippen LogP) is 0.957. The Morgan fingerprint density at radius 1 is 1.55 bits per heavy atom. The first-order chi connectivity index (χ1) is 9.61. The number of nitro benzene ring substituents is 1.